The van der Waals surface area contributed by atoms with Crippen LogP contribution in [-0.4, -0.2) is 61.1 Å². The maximum Gasteiger partial charge on any atom is 0.309 e. The van der Waals surface area contributed by atoms with E-state index in [1.165, 1.54) is 14.2 Å². The lowest BCUT2D eigenvalue weighted by Gasteiger charge is -2.35. The van der Waals surface area contributed by atoms with Crippen molar-refractivity contribution in [2.75, 3.05) is 38.9 Å². The molecule has 0 aliphatic carbocycles. The van der Waals surface area contributed by atoms with Gasteiger partial charge in [-0.2, -0.15) is 0 Å². The van der Waals surface area contributed by atoms with E-state index in [0.29, 0.717) is 12.3 Å². The van der Waals surface area contributed by atoms with E-state index in [0.717, 1.165) is 12.3 Å². The van der Waals surface area contributed by atoms with E-state index in [-0.39, 0.29) is 22.3 Å². The molecule has 0 aliphatic rings. The third-order valence-electron chi connectivity index (χ3n) is 3.63. The molecular weight excluding hydrogens is 318 g/mol. The highest BCUT2D eigenvalue weighted by atomic mass is 31.1. The van der Waals surface area contributed by atoms with Crippen LogP contribution in [0.5, 0.6) is 0 Å². The topological polar surface area (TPSA) is 52.6 Å². The smallest absolute Gasteiger partial charge is 0.309 e. The molecule has 0 fully saturated rings. The van der Waals surface area contributed by atoms with Gasteiger partial charge in [-0.25, -0.2) is 0 Å². The first-order valence-corrected chi connectivity index (χ1v) is 11.0. The summed E-state index contributed by atoms with van der Waals surface area (Å²) < 4.78 is 9.68. The Morgan fingerprint density at radius 3 is 1.18 bits per heavy atom. The molecule has 0 N–H and O–H groups in total. The van der Waals surface area contributed by atoms with Crippen molar-refractivity contribution in [3.63, 3.8) is 0 Å². The summed E-state index contributed by atoms with van der Waals surface area (Å²) in [5, 5.41) is 0.210. The second-order valence-electron chi connectivity index (χ2n) is 7.34. The Labute approximate surface area is 138 Å². The molecule has 0 aromatic carbocycles. The molecule has 4 nitrogen and oxygen atoms in total. The Balaban J connectivity index is 4.88. The summed E-state index contributed by atoms with van der Waals surface area (Å²) in [5.41, 5.74) is 0. The van der Waals surface area contributed by atoms with Gasteiger partial charge in [-0.1, -0.05) is 57.4 Å². The number of hydrogen-bond donors (Lipinski definition) is 0. The number of hydrogen-bond acceptors (Lipinski definition) is 4. The Morgan fingerprint density at radius 1 is 0.727 bits per heavy atom. The van der Waals surface area contributed by atoms with Gasteiger partial charge in [0.2, 0.25) is 0 Å². The van der Waals surface area contributed by atoms with Gasteiger partial charge in [0, 0.05) is 0 Å². The average molecular weight is 350 g/mol. The quantitative estimate of drug-likeness (QED) is 0.516. The predicted octanol–water partition coefficient (Wildman–Crippen LogP) is 3.89. The minimum absolute atomic E-state index is 0.105. The van der Waals surface area contributed by atoms with Crippen LogP contribution in [0.1, 0.15) is 41.5 Å². The number of ether oxygens (including phenoxy) is 2. The highest BCUT2D eigenvalue weighted by Gasteiger charge is 2.31. The second-order valence-corrected chi connectivity index (χ2v) is 13.7. The summed E-state index contributed by atoms with van der Waals surface area (Å²) in [5.74, 6) is -0.261. The minimum atomic E-state index is -0.466. The van der Waals surface area contributed by atoms with E-state index < -0.39 is 15.8 Å². The van der Waals surface area contributed by atoms with Gasteiger partial charge < -0.3 is 9.47 Å². The molecular formula is C16H32O4P2. The standard InChI is InChI=1S/C16H32O4P2/c1-15(2,3)21(11-13(17)19-7)9-10-22(16(4,5)6)12-14(18)20-8/h9-12H2,1-8H3. The average Bonchev–Trinajstić information content (AvgIpc) is 2.38. The maximum atomic E-state index is 11.7. The Bertz CT molecular complexity index is 333. The summed E-state index contributed by atoms with van der Waals surface area (Å²) in [4.78, 5) is 23.3. The lowest BCUT2D eigenvalue weighted by molar-refractivity contribution is -0.138. The van der Waals surface area contributed by atoms with E-state index in [2.05, 4.69) is 41.5 Å². The van der Waals surface area contributed by atoms with E-state index in [1.807, 2.05) is 0 Å². The van der Waals surface area contributed by atoms with Crippen molar-refractivity contribution in [2.45, 2.75) is 51.9 Å². The summed E-state index contributed by atoms with van der Waals surface area (Å²) in [6, 6.07) is 0. The lowest BCUT2D eigenvalue weighted by Crippen LogP contribution is -2.24. The molecule has 2 atom stereocenters. The number of esters is 2. The zero-order chi connectivity index (χ0) is 17.6. The Kier molecular flexibility index (Phi) is 9.10. The van der Waals surface area contributed by atoms with Crippen LogP contribution in [0.4, 0.5) is 0 Å². The van der Waals surface area contributed by atoms with Crippen molar-refractivity contribution in [1.29, 1.82) is 0 Å². The fraction of sp³-hybridized carbons (Fsp3) is 0.875. The third-order valence-corrected chi connectivity index (χ3v) is 10.6. The fourth-order valence-electron chi connectivity index (χ4n) is 1.99. The van der Waals surface area contributed by atoms with E-state index >= 15 is 0 Å². The van der Waals surface area contributed by atoms with Crippen molar-refractivity contribution >= 4 is 27.8 Å². The third kappa shape index (κ3) is 8.44. The first-order chi connectivity index (χ1) is 9.91. The first-order valence-electron chi connectivity index (χ1n) is 7.55. The summed E-state index contributed by atoms with van der Waals surface area (Å²) >= 11 is 0. The maximum absolute atomic E-state index is 11.7. The SMILES string of the molecule is COC(=O)CP(CCP(CC(=O)OC)C(C)(C)C)C(C)(C)C. The van der Waals surface area contributed by atoms with E-state index in [1.54, 1.807) is 0 Å². The van der Waals surface area contributed by atoms with Crippen molar-refractivity contribution in [1.82, 2.24) is 0 Å². The Hall–Kier alpha value is -0.200. The molecule has 0 bridgehead atoms. The van der Waals surface area contributed by atoms with Gasteiger partial charge in [-0.15, -0.1) is 0 Å². The molecule has 6 heteroatoms. The number of rotatable bonds is 7. The van der Waals surface area contributed by atoms with Crippen molar-refractivity contribution in [3.05, 3.63) is 0 Å². The van der Waals surface area contributed by atoms with E-state index in [4.69, 9.17) is 9.47 Å². The largest absolute Gasteiger partial charge is 0.469 e. The van der Waals surface area contributed by atoms with Crippen molar-refractivity contribution in [3.8, 4) is 0 Å². The molecule has 0 rings (SSSR count). The fourth-order valence-corrected chi connectivity index (χ4v) is 7.40. The highest BCUT2D eigenvalue weighted by molar-refractivity contribution is 7.64. The molecule has 22 heavy (non-hydrogen) atoms. The van der Waals surface area contributed by atoms with Gasteiger partial charge in [-0.3, -0.25) is 9.59 Å². The van der Waals surface area contributed by atoms with Gasteiger partial charge >= 0.3 is 11.9 Å². The van der Waals surface area contributed by atoms with Gasteiger partial charge in [0.1, 0.15) is 0 Å². The monoisotopic (exact) mass is 350 g/mol. The van der Waals surface area contributed by atoms with Crippen LogP contribution >= 0.6 is 15.8 Å². The second kappa shape index (κ2) is 9.18. The molecule has 0 heterocycles. The molecule has 0 saturated carbocycles. The van der Waals surface area contributed by atoms with Gasteiger partial charge in [0.15, 0.2) is 0 Å². The summed E-state index contributed by atoms with van der Waals surface area (Å²) in [6.07, 6.45) is 2.99. The number of carbonyl (C=O) groups is 2. The van der Waals surface area contributed by atoms with Crippen LogP contribution in [0.25, 0.3) is 0 Å². The van der Waals surface area contributed by atoms with Crippen LogP contribution in [0, 0.1) is 0 Å². The lowest BCUT2D eigenvalue weighted by atomic mass is 10.3. The molecule has 0 saturated heterocycles. The van der Waals surface area contributed by atoms with Gasteiger partial charge in [-0.05, 0) is 22.6 Å². The van der Waals surface area contributed by atoms with Crippen LogP contribution in [0.3, 0.4) is 0 Å². The normalized spacial score (nSPS) is 15.1. The van der Waals surface area contributed by atoms with Crippen LogP contribution in [-0.2, 0) is 19.1 Å². The zero-order valence-corrected chi connectivity index (χ0v) is 17.1. The van der Waals surface area contributed by atoms with Gasteiger partial charge in [0.05, 0.1) is 26.5 Å². The molecule has 2 unspecified atom stereocenters. The van der Waals surface area contributed by atoms with Crippen LogP contribution < -0.4 is 0 Å². The molecule has 0 aliphatic heterocycles. The highest BCUT2D eigenvalue weighted by Crippen LogP contribution is 2.55. The molecule has 0 aromatic heterocycles. The zero-order valence-electron chi connectivity index (χ0n) is 15.4. The van der Waals surface area contributed by atoms with Crippen LogP contribution in [0.15, 0.2) is 0 Å². The number of methoxy groups -OCH3 is 2. The summed E-state index contributed by atoms with van der Waals surface area (Å²) in [6.45, 7) is 13.1. The molecule has 0 spiro atoms. The first kappa shape index (κ1) is 21.8. The predicted molar refractivity (Wildman–Crippen MR) is 96.8 cm³/mol. The van der Waals surface area contributed by atoms with E-state index in [9.17, 15) is 9.59 Å². The molecule has 0 radical (unpaired) electrons. The molecule has 0 aromatic rings. The molecule has 0 amide bonds. The Morgan fingerprint density at radius 2 is 1.00 bits per heavy atom. The molecule has 130 valence electrons. The van der Waals surface area contributed by atoms with Crippen molar-refractivity contribution < 1.29 is 19.1 Å². The van der Waals surface area contributed by atoms with Gasteiger partial charge in [0.25, 0.3) is 0 Å². The summed E-state index contributed by atoms with van der Waals surface area (Å²) in [7, 11) is 1.95. The van der Waals surface area contributed by atoms with Crippen molar-refractivity contribution in [2.24, 2.45) is 0 Å². The van der Waals surface area contributed by atoms with Crippen LogP contribution in [0.2, 0.25) is 0 Å². The minimum Gasteiger partial charge on any atom is -0.469 e. The number of carbonyl (C=O) groups excluding carboxylic acids is 2.